The summed E-state index contributed by atoms with van der Waals surface area (Å²) in [5, 5.41) is 11.8. The molecule has 4 fully saturated rings. The van der Waals surface area contributed by atoms with Crippen LogP contribution in [0.5, 0.6) is 0 Å². The highest BCUT2D eigenvalue weighted by Gasteiger charge is 2.69. The van der Waals surface area contributed by atoms with E-state index in [1.165, 1.54) is 32.1 Å². The van der Waals surface area contributed by atoms with Crippen LogP contribution in [0.2, 0.25) is 0 Å². The van der Waals surface area contributed by atoms with Gasteiger partial charge in [0, 0.05) is 19.4 Å². The molecule has 0 aromatic rings. The standard InChI is InChI=1S/C33H56O4/c1-22(34)37-27-16-19-30(6)25(29(27,4)5)15-21-32(8)26(30)13-12-23-24(14-20-31(23,32)7)33(9,35)18-11-17-28(2,3)36-10/h11,17,23-27,35H,12-16,18-21H2,1-10H3/b17-11+/t23-,24+,25+,26-,27+,30+,31-,32-,33+/m1/s1. The molecular formula is C33H56O4. The van der Waals surface area contributed by atoms with Crippen LogP contribution in [-0.4, -0.2) is 35.5 Å². The molecule has 4 nitrogen and oxygen atoms in total. The molecule has 0 unspecified atom stereocenters. The molecule has 0 saturated heterocycles. The summed E-state index contributed by atoms with van der Waals surface area (Å²) in [6, 6.07) is 0. The SMILES string of the molecule is COC(C)(C)/C=C/C[C@](C)(O)[C@H]1CC[C@]2(C)[C@@H]1CC[C@@H]1[C@@]3(C)CC[C@H](OC(C)=O)C(C)(C)[C@@H]3CC[C@]12C. The van der Waals surface area contributed by atoms with Gasteiger partial charge in [-0.15, -0.1) is 0 Å². The van der Waals surface area contributed by atoms with Crippen molar-refractivity contribution >= 4 is 5.97 Å². The zero-order chi connectivity index (χ0) is 27.7. The van der Waals surface area contributed by atoms with Gasteiger partial charge in [-0.05, 0) is 118 Å². The summed E-state index contributed by atoms with van der Waals surface area (Å²) in [7, 11) is 1.74. The molecule has 4 heteroatoms. The number of fused-ring (bicyclic) bond motifs is 5. The lowest BCUT2D eigenvalue weighted by Crippen LogP contribution is -2.64. The third kappa shape index (κ3) is 4.54. The van der Waals surface area contributed by atoms with Crippen molar-refractivity contribution in [2.75, 3.05) is 7.11 Å². The van der Waals surface area contributed by atoms with E-state index in [0.717, 1.165) is 19.3 Å². The minimum Gasteiger partial charge on any atom is -0.462 e. The van der Waals surface area contributed by atoms with E-state index in [1.54, 1.807) is 14.0 Å². The summed E-state index contributed by atoms with van der Waals surface area (Å²) in [5.41, 5.74) is -0.188. The summed E-state index contributed by atoms with van der Waals surface area (Å²) < 4.78 is 11.4. The van der Waals surface area contributed by atoms with Crippen molar-refractivity contribution in [3.05, 3.63) is 12.2 Å². The Hall–Kier alpha value is -0.870. The van der Waals surface area contributed by atoms with Crippen LogP contribution in [0.1, 0.15) is 120 Å². The van der Waals surface area contributed by atoms with Crippen LogP contribution in [0.3, 0.4) is 0 Å². The first-order valence-electron chi connectivity index (χ1n) is 15.1. The minimum atomic E-state index is -0.697. The van der Waals surface area contributed by atoms with Crippen molar-refractivity contribution in [3.8, 4) is 0 Å². The lowest BCUT2D eigenvalue weighted by atomic mass is 9.35. The lowest BCUT2D eigenvalue weighted by Gasteiger charge is -2.70. The summed E-state index contributed by atoms with van der Waals surface area (Å²) in [6.45, 7) is 20.3. The van der Waals surface area contributed by atoms with Crippen molar-refractivity contribution in [1.82, 2.24) is 0 Å². The second kappa shape index (κ2) is 9.36. The zero-order valence-electron chi connectivity index (χ0n) is 25.6. The Balaban J connectivity index is 1.58. The number of ether oxygens (including phenoxy) is 2. The third-order valence-corrected chi connectivity index (χ3v) is 13.0. The van der Waals surface area contributed by atoms with Gasteiger partial charge in [0.15, 0.2) is 0 Å². The predicted octanol–water partition coefficient (Wildman–Crippen LogP) is 7.73. The highest BCUT2D eigenvalue weighted by atomic mass is 16.5. The van der Waals surface area contributed by atoms with Gasteiger partial charge < -0.3 is 14.6 Å². The fraction of sp³-hybridized carbons (Fsp3) is 0.909. The number of esters is 1. The van der Waals surface area contributed by atoms with E-state index in [1.807, 2.05) is 0 Å². The van der Waals surface area contributed by atoms with Crippen LogP contribution in [0.15, 0.2) is 12.2 Å². The van der Waals surface area contributed by atoms with E-state index in [0.29, 0.717) is 30.1 Å². The number of aliphatic hydroxyl groups is 1. The van der Waals surface area contributed by atoms with E-state index in [9.17, 15) is 9.90 Å². The van der Waals surface area contributed by atoms with Gasteiger partial charge >= 0.3 is 5.97 Å². The minimum absolute atomic E-state index is 0.00194. The Kier molecular flexibility index (Phi) is 7.36. The van der Waals surface area contributed by atoms with Gasteiger partial charge in [-0.25, -0.2) is 0 Å². The first-order valence-corrected chi connectivity index (χ1v) is 15.1. The first-order chi connectivity index (χ1) is 16.9. The van der Waals surface area contributed by atoms with Crippen molar-refractivity contribution in [3.63, 3.8) is 0 Å². The molecule has 0 aromatic heterocycles. The van der Waals surface area contributed by atoms with Gasteiger partial charge in [0.25, 0.3) is 0 Å². The maximum atomic E-state index is 11.9. The Morgan fingerprint density at radius 3 is 2.19 bits per heavy atom. The molecule has 0 bridgehead atoms. The Labute approximate surface area is 227 Å². The number of hydrogen-bond acceptors (Lipinski definition) is 4. The first kappa shape index (κ1) is 29.1. The number of methoxy groups -OCH3 is 1. The Bertz CT molecular complexity index is 902. The summed E-state index contributed by atoms with van der Waals surface area (Å²) in [6.07, 6.45) is 14.4. The molecule has 4 aliphatic carbocycles. The quantitative estimate of drug-likeness (QED) is 0.290. The summed E-state index contributed by atoms with van der Waals surface area (Å²) >= 11 is 0. The molecule has 0 spiro atoms. The summed E-state index contributed by atoms with van der Waals surface area (Å²) in [4.78, 5) is 11.9. The van der Waals surface area contributed by atoms with Crippen LogP contribution < -0.4 is 0 Å². The predicted molar refractivity (Wildman–Crippen MR) is 150 cm³/mol. The van der Waals surface area contributed by atoms with Gasteiger partial charge in [-0.2, -0.15) is 0 Å². The second-order valence-electron chi connectivity index (χ2n) is 15.5. The molecule has 0 aromatic carbocycles. The van der Waals surface area contributed by atoms with Gasteiger partial charge in [-0.3, -0.25) is 4.79 Å². The smallest absolute Gasteiger partial charge is 0.302 e. The lowest BCUT2D eigenvalue weighted by molar-refractivity contribution is -0.229. The van der Waals surface area contributed by atoms with Gasteiger partial charge in [0.2, 0.25) is 0 Å². The van der Waals surface area contributed by atoms with Gasteiger partial charge in [-0.1, -0.05) is 46.8 Å². The van der Waals surface area contributed by atoms with Crippen molar-refractivity contribution in [1.29, 1.82) is 0 Å². The number of hydrogen-bond donors (Lipinski definition) is 1. The Morgan fingerprint density at radius 1 is 0.919 bits per heavy atom. The highest BCUT2D eigenvalue weighted by Crippen LogP contribution is 2.75. The molecule has 37 heavy (non-hydrogen) atoms. The molecule has 4 rings (SSSR count). The van der Waals surface area contributed by atoms with Crippen LogP contribution >= 0.6 is 0 Å². The molecular weight excluding hydrogens is 460 g/mol. The molecule has 4 saturated carbocycles. The zero-order valence-corrected chi connectivity index (χ0v) is 25.6. The van der Waals surface area contributed by atoms with Gasteiger partial charge in [0.05, 0.1) is 11.2 Å². The second-order valence-corrected chi connectivity index (χ2v) is 15.5. The Morgan fingerprint density at radius 2 is 1.57 bits per heavy atom. The maximum Gasteiger partial charge on any atom is 0.302 e. The molecule has 0 heterocycles. The van der Waals surface area contributed by atoms with Crippen molar-refractivity contribution in [2.45, 2.75) is 137 Å². The fourth-order valence-corrected chi connectivity index (χ4v) is 10.7. The van der Waals surface area contributed by atoms with E-state index in [2.05, 4.69) is 67.5 Å². The molecule has 0 amide bonds. The van der Waals surface area contributed by atoms with Crippen molar-refractivity contribution in [2.24, 2.45) is 45.3 Å². The molecule has 212 valence electrons. The number of carbonyl (C=O) groups is 1. The molecule has 9 atom stereocenters. The van der Waals surface area contributed by atoms with Crippen LogP contribution in [0, 0.1) is 45.3 Å². The van der Waals surface area contributed by atoms with Gasteiger partial charge in [0.1, 0.15) is 6.10 Å². The van der Waals surface area contributed by atoms with Crippen LogP contribution in [0.25, 0.3) is 0 Å². The molecule has 1 N–H and O–H groups in total. The normalized spacial score (nSPS) is 45.0. The average molecular weight is 517 g/mol. The fourth-order valence-electron chi connectivity index (χ4n) is 10.7. The highest BCUT2D eigenvalue weighted by molar-refractivity contribution is 5.66. The van der Waals surface area contributed by atoms with E-state index < -0.39 is 5.60 Å². The molecule has 0 aliphatic heterocycles. The number of carbonyl (C=O) groups excluding carboxylic acids is 1. The third-order valence-electron chi connectivity index (χ3n) is 13.0. The van der Waals surface area contributed by atoms with Crippen LogP contribution in [-0.2, 0) is 14.3 Å². The van der Waals surface area contributed by atoms with E-state index in [-0.39, 0.29) is 39.3 Å². The van der Waals surface area contributed by atoms with E-state index >= 15 is 0 Å². The summed E-state index contributed by atoms with van der Waals surface area (Å²) in [5.74, 6) is 2.03. The topological polar surface area (TPSA) is 55.8 Å². The maximum absolute atomic E-state index is 11.9. The largest absolute Gasteiger partial charge is 0.462 e. The van der Waals surface area contributed by atoms with E-state index in [4.69, 9.17) is 9.47 Å². The van der Waals surface area contributed by atoms with Crippen molar-refractivity contribution < 1.29 is 19.4 Å². The molecule has 0 radical (unpaired) electrons. The number of rotatable bonds is 6. The monoisotopic (exact) mass is 516 g/mol. The average Bonchev–Trinajstić information content (AvgIpc) is 3.14. The molecule has 4 aliphatic rings. The van der Waals surface area contributed by atoms with Crippen LogP contribution in [0.4, 0.5) is 0 Å².